The van der Waals surface area contributed by atoms with E-state index in [2.05, 4.69) is 4.31 Å². The van der Waals surface area contributed by atoms with Gasteiger partial charge in [0.05, 0.1) is 0 Å². The van der Waals surface area contributed by atoms with Gasteiger partial charge in [0.25, 0.3) is 0 Å². The fraction of sp³-hybridized carbons (Fsp3) is 0. The summed E-state index contributed by atoms with van der Waals surface area (Å²) in [4.78, 5) is 61.1. The second-order valence-corrected chi connectivity index (χ2v) is 5.50. The Balaban J connectivity index is -0.00000000543. The molecule has 0 atom stereocenters. The summed E-state index contributed by atoms with van der Waals surface area (Å²) in [6.07, 6.45) is -1.83. The van der Waals surface area contributed by atoms with Crippen molar-refractivity contribution in [1.29, 1.82) is 0 Å². The van der Waals surface area contributed by atoms with E-state index in [1.54, 1.807) is 0 Å². The fourth-order valence-corrected chi connectivity index (χ4v) is 1.25. The monoisotopic (exact) mass is 548 g/mol. The molecular formula is CH19Ca5O14P3. The van der Waals surface area contributed by atoms with Crippen molar-refractivity contribution in [3.05, 3.63) is 0 Å². The van der Waals surface area contributed by atoms with Crippen molar-refractivity contribution >= 4 is 218 Å². The molecular weight excluding hydrogens is 529 g/mol. The molecule has 0 amide bonds. The summed E-state index contributed by atoms with van der Waals surface area (Å²) in [6.45, 7) is 0. The summed E-state index contributed by atoms with van der Waals surface area (Å²) >= 11 is 0. The summed E-state index contributed by atoms with van der Waals surface area (Å²) in [5.41, 5.74) is 0. The van der Waals surface area contributed by atoms with E-state index in [0.29, 0.717) is 0 Å². The molecule has 0 saturated carbocycles. The van der Waals surface area contributed by atoms with E-state index >= 15 is 0 Å². The average Bonchev–Trinajstić information content (AvgIpc) is 1.67. The van der Waals surface area contributed by atoms with Gasteiger partial charge in [0.1, 0.15) is 0 Å². The number of hydrogen-bond acceptors (Lipinski definition) is 5. The molecule has 0 bridgehead atoms. The molecule has 0 aliphatic rings. The average molecular weight is 548 g/mol. The van der Waals surface area contributed by atoms with Gasteiger partial charge in [-0.15, -0.1) is 0 Å². The van der Waals surface area contributed by atoms with Crippen LogP contribution in [0.15, 0.2) is 0 Å². The molecule has 0 rings (SSSR count). The predicted octanol–water partition coefficient (Wildman–Crippen LogP) is -2.30. The minimum atomic E-state index is -5.05. The van der Waals surface area contributed by atoms with E-state index in [1.807, 2.05) is 0 Å². The molecule has 0 spiro atoms. The van der Waals surface area contributed by atoms with Crippen LogP contribution in [-0.2, 0) is 18.0 Å². The van der Waals surface area contributed by atoms with Crippen LogP contribution in [0.3, 0.4) is 0 Å². The van der Waals surface area contributed by atoms with Crippen molar-refractivity contribution < 1.29 is 81.5 Å². The van der Waals surface area contributed by atoms with E-state index in [1.165, 1.54) is 0 Å². The summed E-state index contributed by atoms with van der Waals surface area (Å²) < 4.78 is 31.1. The summed E-state index contributed by atoms with van der Waals surface area (Å²) in [6, 6.07) is 0. The van der Waals surface area contributed by atoms with Gasteiger partial charge in [-0.1, -0.05) is 0 Å². The molecule has 0 fully saturated rings. The first-order valence-corrected chi connectivity index (χ1v) is 7.59. The normalized spacial score (nSPS) is 9.00. The fourth-order valence-electron chi connectivity index (χ4n) is 0.139. The second-order valence-electron chi connectivity index (χ2n) is 1.86. The molecule has 0 aliphatic heterocycles. The Labute approximate surface area is 293 Å². The number of rotatable bonds is 2. The predicted molar refractivity (Wildman–Crippen MR) is 90.0 cm³/mol. The van der Waals surface area contributed by atoms with Gasteiger partial charge in [0.2, 0.25) is 0 Å². The maximum Gasteiger partial charge on any atom is 2.00 e. The minimum Gasteiger partial charge on any atom is -1.00 e. The number of carbonyl (C=O) groups is 1. The third-order valence-electron chi connectivity index (χ3n) is 0.213. The molecule has 0 saturated heterocycles. The third kappa shape index (κ3) is 132. The van der Waals surface area contributed by atoms with Gasteiger partial charge < -0.3 is 58.7 Å². The Morgan fingerprint density at radius 3 is 0.739 bits per heavy atom. The molecule has 0 unspecified atom stereocenters. The minimum absolute atomic E-state index is 0. The molecule has 0 aliphatic carbocycles. The molecule has 9 N–H and O–H groups in total. The summed E-state index contributed by atoms with van der Waals surface area (Å²) in [7, 11) is -14.7. The third-order valence-corrected chi connectivity index (χ3v) is 1.91. The Morgan fingerprint density at radius 1 is 0.652 bits per heavy atom. The van der Waals surface area contributed by atoms with Crippen LogP contribution in [0, 0.1) is 0 Å². The van der Waals surface area contributed by atoms with Gasteiger partial charge in [-0.3, -0.25) is 0 Å². The van der Waals surface area contributed by atoms with Crippen LogP contribution in [0.4, 0.5) is 4.79 Å². The van der Waals surface area contributed by atoms with Crippen LogP contribution < -0.4 is 0 Å². The summed E-state index contributed by atoms with van der Waals surface area (Å²) in [5.74, 6) is 0. The zero-order valence-corrected chi connectivity index (χ0v) is 25.2. The SMILES string of the molecule is O=C(O)O.O=P(O)(O)O.O=P(O)(O)OP(=O)(O)O.[Ca+2].[Ca+2].[Ca+2].[Ca+2].[Ca+2].[H-].[H-].[H-].[H-].[H-].[H-].[H-].[H-].[H-].[H-]. The van der Waals surface area contributed by atoms with Crippen LogP contribution in [0.1, 0.15) is 14.3 Å². The van der Waals surface area contributed by atoms with Gasteiger partial charge in [0.15, 0.2) is 0 Å². The van der Waals surface area contributed by atoms with Crippen molar-refractivity contribution in [2.45, 2.75) is 0 Å². The first kappa shape index (κ1) is 51.5. The first-order valence-electron chi connectivity index (χ1n) is 2.96. The molecule has 0 aromatic carbocycles. The topological polar surface area (TPSA) is 260 Å². The molecule has 22 heteroatoms. The van der Waals surface area contributed by atoms with Crippen molar-refractivity contribution in [3.8, 4) is 0 Å². The zero-order valence-electron chi connectivity index (χ0n) is 21.4. The van der Waals surface area contributed by atoms with E-state index in [0.717, 1.165) is 0 Å². The quantitative estimate of drug-likeness (QED) is 0.130. The Morgan fingerprint density at radius 2 is 0.739 bits per heavy atom. The first-order chi connectivity index (χ1) is 7.44. The van der Waals surface area contributed by atoms with Crippen molar-refractivity contribution in [3.63, 3.8) is 0 Å². The van der Waals surface area contributed by atoms with Gasteiger partial charge in [-0.2, -0.15) is 4.31 Å². The maximum atomic E-state index is 9.63. The summed E-state index contributed by atoms with van der Waals surface area (Å²) in [5, 5.41) is 13.9. The Bertz CT molecular complexity index is 377. The molecule has 0 radical (unpaired) electrons. The van der Waals surface area contributed by atoms with Crippen LogP contribution in [0.25, 0.3) is 0 Å². The molecule has 23 heavy (non-hydrogen) atoms. The van der Waals surface area contributed by atoms with Crippen molar-refractivity contribution in [1.82, 2.24) is 0 Å². The van der Waals surface area contributed by atoms with Gasteiger partial charge >= 0.3 is 218 Å². The van der Waals surface area contributed by atoms with Crippen molar-refractivity contribution in [2.75, 3.05) is 0 Å². The smallest absolute Gasteiger partial charge is 1.00 e. The van der Waals surface area contributed by atoms with Gasteiger partial charge in [0, 0.05) is 0 Å². The molecule has 132 valence electrons. The van der Waals surface area contributed by atoms with Crippen LogP contribution >= 0.6 is 23.5 Å². The number of carboxylic acid groups (broad SMARTS) is 2. The largest absolute Gasteiger partial charge is 2.00 e. The number of hydrogen-bond donors (Lipinski definition) is 9. The van der Waals surface area contributed by atoms with E-state index in [4.69, 9.17) is 53.8 Å². The van der Waals surface area contributed by atoms with Crippen LogP contribution in [0.5, 0.6) is 0 Å². The Hall–Kier alpha value is 5.94. The molecule has 0 heterocycles. The van der Waals surface area contributed by atoms with E-state index < -0.39 is 29.6 Å². The van der Waals surface area contributed by atoms with Gasteiger partial charge in [-0.25, -0.2) is 18.5 Å². The molecule has 14 nitrogen and oxygen atoms in total. The zero-order chi connectivity index (χ0) is 15.8. The Kier molecular flexibility index (Phi) is 58.2. The van der Waals surface area contributed by atoms with E-state index in [-0.39, 0.29) is 203 Å². The van der Waals surface area contributed by atoms with Crippen LogP contribution in [0.2, 0.25) is 0 Å². The van der Waals surface area contributed by atoms with Gasteiger partial charge in [-0.05, 0) is 0 Å². The standard InChI is InChI=1S/CH2O3.5Ca.H4O7P2.H3O4P.10H/c2-1(3)4;;;;;;1-8(2,3)7-9(4,5)6;1-5(2,3)4;;;;;;;;;;/h(H2,2,3,4);;;;;;(H2,1,2,3)(H2,4,5,6);(H3,1,2,3,4);;;;;;;;;;/q;5*+2;;;10*-1. The molecule has 0 aromatic rings. The maximum absolute atomic E-state index is 9.63. The van der Waals surface area contributed by atoms with Crippen LogP contribution in [-0.4, -0.2) is 239 Å². The van der Waals surface area contributed by atoms with E-state index in [9.17, 15) is 9.13 Å². The number of phosphoric acid groups is 3. The second kappa shape index (κ2) is 26.0. The van der Waals surface area contributed by atoms with Crippen molar-refractivity contribution in [2.24, 2.45) is 0 Å². The molecule has 0 aromatic heterocycles.